The van der Waals surface area contributed by atoms with Crippen LogP contribution in [-0.4, -0.2) is 46.7 Å². The number of para-hydroxylation sites is 1. The zero-order valence-corrected chi connectivity index (χ0v) is 13.6. The molecule has 23 heavy (non-hydrogen) atoms. The normalized spacial score (nSPS) is 15.9. The lowest BCUT2D eigenvalue weighted by molar-refractivity contribution is 0.232. The van der Waals surface area contributed by atoms with Crippen LogP contribution in [-0.2, 0) is 6.54 Å². The highest BCUT2D eigenvalue weighted by atomic mass is 16.3. The number of aromatic nitrogens is 2. The minimum absolute atomic E-state index is 0.234. The summed E-state index contributed by atoms with van der Waals surface area (Å²) in [4.78, 5) is 11.3. The topological polar surface area (TPSA) is 61.3 Å². The maximum Gasteiger partial charge on any atom is 0.125 e. The van der Waals surface area contributed by atoms with E-state index in [9.17, 15) is 5.11 Å². The fourth-order valence-electron chi connectivity index (χ4n) is 3.11. The average Bonchev–Trinajstić information content (AvgIpc) is 2.57. The number of hydrogen-bond acceptors (Lipinski definition) is 5. The van der Waals surface area contributed by atoms with Gasteiger partial charge in [0.2, 0.25) is 0 Å². The van der Waals surface area contributed by atoms with Crippen LogP contribution in [0, 0.1) is 5.92 Å². The van der Waals surface area contributed by atoms with Crippen LogP contribution >= 0.6 is 0 Å². The molecule has 1 aliphatic heterocycles. The number of nitrogens with zero attached hydrogens (tertiary/aromatic N) is 3. The van der Waals surface area contributed by atoms with Gasteiger partial charge in [-0.2, -0.15) is 0 Å². The van der Waals surface area contributed by atoms with Gasteiger partial charge in [-0.3, -0.25) is 9.97 Å². The van der Waals surface area contributed by atoms with Crippen LogP contribution in [0.15, 0.2) is 36.7 Å². The summed E-state index contributed by atoms with van der Waals surface area (Å²) in [5.74, 6) is 1.01. The minimum Gasteiger partial charge on any atom is -0.507 e. The van der Waals surface area contributed by atoms with Crippen LogP contribution in [0.25, 0.3) is 11.3 Å². The molecule has 0 radical (unpaired) electrons. The monoisotopic (exact) mass is 312 g/mol. The number of rotatable bonds is 5. The quantitative estimate of drug-likeness (QED) is 0.887. The molecule has 0 aliphatic carbocycles. The number of phenolic OH excluding ortho intramolecular Hbond substituents is 1. The van der Waals surface area contributed by atoms with Crippen LogP contribution in [0.3, 0.4) is 0 Å². The van der Waals surface area contributed by atoms with E-state index >= 15 is 0 Å². The van der Waals surface area contributed by atoms with E-state index in [4.69, 9.17) is 0 Å². The van der Waals surface area contributed by atoms with Crippen molar-refractivity contribution in [1.82, 2.24) is 20.2 Å². The highest BCUT2D eigenvalue weighted by Gasteiger charge is 2.15. The summed E-state index contributed by atoms with van der Waals surface area (Å²) in [6.07, 6.45) is 6.05. The Bertz CT molecular complexity index is 623. The van der Waals surface area contributed by atoms with Crippen molar-refractivity contribution in [2.24, 2.45) is 5.92 Å². The van der Waals surface area contributed by atoms with Gasteiger partial charge in [-0.25, -0.2) is 0 Å². The van der Waals surface area contributed by atoms with Gasteiger partial charge in [0, 0.05) is 18.7 Å². The third kappa shape index (κ3) is 4.27. The second-order valence-electron chi connectivity index (χ2n) is 6.30. The van der Waals surface area contributed by atoms with E-state index in [0.29, 0.717) is 5.69 Å². The van der Waals surface area contributed by atoms with Gasteiger partial charge < -0.3 is 15.3 Å². The molecule has 2 aromatic rings. The average molecular weight is 312 g/mol. The lowest BCUT2D eigenvalue weighted by Crippen LogP contribution is -2.34. The van der Waals surface area contributed by atoms with Crippen molar-refractivity contribution < 1.29 is 5.11 Å². The molecule has 3 rings (SSSR count). The molecule has 0 atom stereocenters. The first kappa shape index (κ1) is 15.9. The van der Waals surface area contributed by atoms with Gasteiger partial charge in [0.1, 0.15) is 5.75 Å². The summed E-state index contributed by atoms with van der Waals surface area (Å²) in [6, 6.07) is 7.20. The van der Waals surface area contributed by atoms with E-state index in [1.165, 1.54) is 12.8 Å². The fraction of sp³-hybridized carbons (Fsp3) is 0.444. The Morgan fingerprint density at radius 1 is 1.17 bits per heavy atom. The molecule has 1 aromatic heterocycles. The van der Waals surface area contributed by atoms with Crippen molar-refractivity contribution in [3.05, 3.63) is 42.4 Å². The molecule has 2 N–H and O–H groups in total. The van der Waals surface area contributed by atoms with Crippen LogP contribution in [0.1, 0.15) is 18.5 Å². The van der Waals surface area contributed by atoms with E-state index in [2.05, 4.69) is 27.2 Å². The van der Waals surface area contributed by atoms with Gasteiger partial charge in [-0.15, -0.1) is 0 Å². The minimum atomic E-state index is 0.234. The summed E-state index contributed by atoms with van der Waals surface area (Å²) >= 11 is 0. The van der Waals surface area contributed by atoms with E-state index in [0.717, 1.165) is 43.4 Å². The molecular weight excluding hydrogens is 288 g/mol. The Labute approximate surface area is 137 Å². The van der Waals surface area contributed by atoms with Gasteiger partial charge in [-0.05, 0) is 51.0 Å². The Morgan fingerprint density at radius 2 is 1.96 bits per heavy atom. The maximum absolute atomic E-state index is 9.88. The van der Waals surface area contributed by atoms with Gasteiger partial charge in [0.15, 0.2) is 0 Å². The van der Waals surface area contributed by atoms with Crippen molar-refractivity contribution in [3.63, 3.8) is 0 Å². The number of hydrogen-bond donors (Lipinski definition) is 2. The molecule has 122 valence electrons. The summed E-state index contributed by atoms with van der Waals surface area (Å²) in [5, 5.41) is 13.3. The second-order valence-corrected chi connectivity index (χ2v) is 6.30. The molecule has 1 aliphatic rings. The smallest absolute Gasteiger partial charge is 0.125 e. The van der Waals surface area contributed by atoms with Crippen molar-refractivity contribution in [3.8, 4) is 17.0 Å². The second kappa shape index (κ2) is 7.53. The summed E-state index contributed by atoms with van der Waals surface area (Å²) < 4.78 is 0. The van der Waals surface area contributed by atoms with Gasteiger partial charge >= 0.3 is 0 Å². The molecule has 0 unspecified atom stereocenters. The van der Waals surface area contributed by atoms with E-state index < -0.39 is 0 Å². The standard InChI is InChI=1S/C18H24N4O/c1-22(12-14-6-8-19-9-7-14)13-15-10-21-17(11-20-15)16-4-2-3-5-18(16)23/h2-5,10-11,14,19,23H,6-9,12-13H2,1H3. The SMILES string of the molecule is CN(Cc1cnc(-c2ccccc2O)cn1)CC1CCNCC1. The molecule has 1 saturated heterocycles. The Kier molecular flexibility index (Phi) is 5.20. The summed E-state index contributed by atoms with van der Waals surface area (Å²) in [6.45, 7) is 4.17. The van der Waals surface area contributed by atoms with E-state index in [-0.39, 0.29) is 5.75 Å². The lowest BCUT2D eigenvalue weighted by Gasteiger charge is -2.27. The molecular formula is C18H24N4O. The van der Waals surface area contributed by atoms with Crippen molar-refractivity contribution in [2.45, 2.75) is 19.4 Å². The number of aromatic hydroxyl groups is 1. The lowest BCUT2D eigenvalue weighted by atomic mass is 9.98. The Hall–Kier alpha value is -1.98. The van der Waals surface area contributed by atoms with Gasteiger partial charge in [0.25, 0.3) is 0 Å². The van der Waals surface area contributed by atoms with Crippen LogP contribution < -0.4 is 5.32 Å². The third-order valence-electron chi connectivity index (χ3n) is 4.35. The molecule has 5 nitrogen and oxygen atoms in total. The summed E-state index contributed by atoms with van der Waals surface area (Å²) in [5.41, 5.74) is 2.38. The number of nitrogens with one attached hydrogen (secondary N) is 1. The molecule has 0 saturated carbocycles. The predicted octanol–water partition coefficient (Wildman–Crippen LogP) is 2.28. The predicted molar refractivity (Wildman–Crippen MR) is 91.1 cm³/mol. The highest BCUT2D eigenvalue weighted by Crippen LogP contribution is 2.26. The van der Waals surface area contributed by atoms with Crippen LogP contribution in [0.4, 0.5) is 0 Å². The molecule has 0 spiro atoms. The zero-order chi connectivity index (χ0) is 16.1. The molecule has 1 aromatic carbocycles. The molecule has 0 amide bonds. The number of piperidine rings is 1. The van der Waals surface area contributed by atoms with Gasteiger partial charge in [0.05, 0.1) is 23.8 Å². The maximum atomic E-state index is 9.88. The Balaban J connectivity index is 1.60. The molecule has 0 bridgehead atoms. The molecule has 5 heteroatoms. The fourth-order valence-corrected chi connectivity index (χ4v) is 3.11. The van der Waals surface area contributed by atoms with Crippen LogP contribution in [0.5, 0.6) is 5.75 Å². The Morgan fingerprint density at radius 3 is 2.65 bits per heavy atom. The first-order chi connectivity index (χ1) is 11.2. The van der Waals surface area contributed by atoms with Gasteiger partial charge in [-0.1, -0.05) is 12.1 Å². The zero-order valence-electron chi connectivity index (χ0n) is 13.6. The molecule has 1 fully saturated rings. The van der Waals surface area contributed by atoms with Crippen molar-refractivity contribution >= 4 is 0 Å². The number of benzene rings is 1. The first-order valence-corrected chi connectivity index (χ1v) is 8.21. The molecule has 2 heterocycles. The number of phenols is 1. The van der Waals surface area contributed by atoms with Crippen molar-refractivity contribution in [1.29, 1.82) is 0 Å². The largest absolute Gasteiger partial charge is 0.507 e. The first-order valence-electron chi connectivity index (χ1n) is 8.21. The van der Waals surface area contributed by atoms with Crippen molar-refractivity contribution in [2.75, 3.05) is 26.7 Å². The van der Waals surface area contributed by atoms with E-state index in [1.807, 2.05) is 12.1 Å². The highest BCUT2D eigenvalue weighted by molar-refractivity contribution is 5.65. The summed E-state index contributed by atoms with van der Waals surface area (Å²) in [7, 11) is 2.14. The van der Waals surface area contributed by atoms with E-state index in [1.54, 1.807) is 24.5 Å². The van der Waals surface area contributed by atoms with Crippen LogP contribution in [0.2, 0.25) is 0 Å². The third-order valence-corrected chi connectivity index (χ3v) is 4.35.